The quantitative estimate of drug-likeness (QED) is 0.679. The van der Waals surface area contributed by atoms with Crippen molar-refractivity contribution in [3.8, 4) is 11.1 Å². The van der Waals surface area contributed by atoms with Crippen molar-refractivity contribution in [2.45, 2.75) is 13.0 Å². The Bertz CT molecular complexity index is 814. The summed E-state index contributed by atoms with van der Waals surface area (Å²) in [6.45, 7) is 4.98. The van der Waals surface area contributed by atoms with E-state index in [1.165, 1.54) is 0 Å². The zero-order chi connectivity index (χ0) is 17.1. The molecule has 4 rings (SSSR count). The number of nitrogens with one attached hydrogen (secondary N) is 3. The van der Waals surface area contributed by atoms with Crippen molar-refractivity contribution < 1.29 is 0 Å². The smallest absolute Gasteiger partial charge is 0.227 e. The van der Waals surface area contributed by atoms with Crippen LogP contribution in [-0.2, 0) is 0 Å². The molecule has 1 fully saturated rings. The minimum absolute atomic E-state index is 0.449. The minimum Gasteiger partial charge on any atom is -0.340 e. The maximum Gasteiger partial charge on any atom is 0.227 e. The summed E-state index contributed by atoms with van der Waals surface area (Å²) in [5.41, 5.74) is 3.19. The molecule has 0 amide bonds. The Balaban J connectivity index is 1.48. The number of aromatic amines is 1. The number of benzene rings is 1. The molecule has 1 unspecified atom stereocenters. The Kier molecular flexibility index (Phi) is 4.30. The van der Waals surface area contributed by atoms with Crippen molar-refractivity contribution in [3.63, 3.8) is 0 Å². The van der Waals surface area contributed by atoms with Gasteiger partial charge >= 0.3 is 0 Å². The van der Waals surface area contributed by atoms with Crippen LogP contribution in [0, 0.1) is 0 Å². The van der Waals surface area contributed by atoms with E-state index in [0.717, 1.165) is 48.2 Å². The number of nitrogens with zero attached hydrogens (tertiary/aromatic N) is 4. The molecular formula is C18H21N7. The number of anilines is 3. The van der Waals surface area contributed by atoms with E-state index < -0.39 is 0 Å². The van der Waals surface area contributed by atoms with Gasteiger partial charge in [0, 0.05) is 49.3 Å². The summed E-state index contributed by atoms with van der Waals surface area (Å²) >= 11 is 0. The third-order valence-corrected chi connectivity index (χ3v) is 4.28. The van der Waals surface area contributed by atoms with E-state index in [9.17, 15) is 0 Å². The first kappa shape index (κ1) is 15.6. The zero-order valence-corrected chi connectivity index (χ0v) is 14.1. The van der Waals surface area contributed by atoms with Crippen molar-refractivity contribution in [2.75, 3.05) is 29.9 Å². The average Bonchev–Trinajstić information content (AvgIpc) is 3.17. The van der Waals surface area contributed by atoms with Gasteiger partial charge in [0.05, 0.1) is 6.20 Å². The highest BCUT2D eigenvalue weighted by Gasteiger charge is 2.18. The summed E-state index contributed by atoms with van der Waals surface area (Å²) in [5.74, 6) is 1.57. The van der Waals surface area contributed by atoms with Crippen LogP contribution < -0.4 is 15.5 Å². The first-order valence-electron chi connectivity index (χ1n) is 8.45. The molecule has 2 aromatic heterocycles. The van der Waals surface area contributed by atoms with E-state index in [1.54, 1.807) is 6.20 Å². The lowest BCUT2D eigenvalue weighted by molar-refractivity contribution is 0.479. The van der Waals surface area contributed by atoms with E-state index in [-0.39, 0.29) is 0 Å². The van der Waals surface area contributed by atoms with E-state index in [0.29, 0.717) is 6.04 Å². The third kappa shape index (κ3) is 3.61. The van der Waals surface area contributed by atoms with Crippen LogP contribution in [0.2, 0.25) is 0 Å². The van der Waals surface area contributed by atoms with Crippen molar-refractivity contribution in [2.24, 2.45) is 0 Å². The molecule has 3 aromatic rings. The molecule has 0 saturated carbocycles. The Morgan fingerprint density at radius 2 is 2.04 bits per heavy atom. The summed E-state index contributed by atoms with van der Waals surface area (Å²) in [4.78, 5) is 11.3. The first-order valence-corrected chi connectivity index (χ1v) is 8.45. The molecule has 3 N–H and O–H groups in total. The molecule has 0 spiro atoms. The third-order valence-electron chi connectivity index (χ3n) is 4.28. The number of aromatic nitrogens is 4. The Hall–Kier alpha value is -2.93. The number of piperazine rings is 1. The van der Waals surface area contributed by atoms with Gasteiger partial charge in [0.1, 0.15) is 5.82 Å². The predicted molar refractivity (Wildman–Crippen MR) is 99.0 cm³/mol. The van der Waals surface area contributed by atoms with Gasteiger partial charge < -0.3 is 15.5 Å². The summed E-state index contributed by atoms with van der Waals surface area (Å²) in [5, 5.41) is 13.6. The number of hydrogen-bond donors (Lipinski definition) is 3. The normalized spacial score (nSPS) is 17.5. The van der Waals surface area contributed by atoms with Gasteiger partial charge in [-0.15, -0.1) is 0 Å². The minimum atomic E-state index is 0.449. The molecule has 0 aliphatic carbocycles. The van der Waals surface area contributed by atoms with Crippen LogP contribution in [-0.4, -0.2) is 45.8 Å². The summed E-state index contributed by atoms with van der Waals surface area (Å²) in [7, 11) is 0. The van der Waals surface area contributed by atoms with Crippen molar-refractivity contribution in [1.29, 1.82) is 0 Å². The first-order chi connectivity index (χ1) is 12.3. The molecule has 1 saturated heterocycles. The highest BCUT2D eigenvalue weighted by molar-refractivity contribution is 5.66. The molecule has 1 atom stereocenters. The SMILES string of the molecule is CC1CN(c2nccc(Nc3ccc(-c4cn[nH]c4)cc3)n2)CCN1. The van der Waals surface area contributed by atoms with Gasteiger partial charge in [-0.1, -0.05) is 12.1 Å². The van der Waals surface area contributed by atoms with Crippen LogP contribution >= 0.6 is 0 Å². The number of hydrogen-bond acceptors (Lipinski definition) is 6. The topological polar surface area (TPSA) is 81.8 Å². The van der Waals surface area contributed by atoms with Gasteiger partial charge in [0.2, 0.25) is 5.95 Å². The lowest BCUT2D eigenvalue weighted by Crippen LogP contribution is -2.49. The summed E-state index contributed by atoms with van der Waals surface area (Å²) in [6, 6.07) is 10.5. The molecule has 7 heteroatoms. The number of H-pyrrole nitrogens is 1. The monoisotopic (exact) mass is 335 g/mol. The predicted octanol–water partition coefficient (Wildman–Crippen LogP) is 2.41. The van der Waals surface area contributed by atoms with Crippen LogP contribution in [0.5, 0.6) is 0 Å². The standard InChI is InChI=1S/C18H21N7/c1-13-12-25(9-8-19-13)18-20-7-6-17(24-18)23-16-4-2-14(3-5-16)15-10-21-22-11-15/h2-7,10-11,13,19H,8-9,12H2,1H3,(H,21,22)(H,20,23,24). The van der Waals surface area contributed by atoms with E-state index >= 15 is 0 Å². The second-order valence-electron chi connectivity index (χ2n) is 6.23. The fraction of sp³-hybridized carbons (Fsp3) is 0.278. The average molecular weight is 335 g/mol. The second kappa shape index (κ2) is 6.90. The lowest BCUT2D eigenvalue weighted by atomic mass is 10.1. The molecule has 1 aliphatic rings. The van der Waals surface area contributed by atoms with E-state index in [2.05, 4.69) is 54.8 Å². The molecule has 7 nitrogen and oxygen atoms in total. The molecule has 1 aromatic carbocycles. The Morgan fingerprint density at radius 3 is 2.80 bits per heavy atom. The molecule has 1 aliphatic heterocycles. The molecule has 128 valence electrons. The van der Waals surface area contributed by atoms with Gasteiger partial charge in [0.25, 0.3) is 0 Å². The van der Waals surface area contributed by atoms with Crippen molar-refractivity contribution >= 4 is 17.5 Å². The van der Waals surface area contributed by atoms with Gasteiger partial charge in [-0.05, 0) is 30.7 Å². The fourth-order valence-electron chi connectivity index (χ4n) is 2.99. The van der Waals surface area contributed by atoms with Crippen LogP contribution in [0.15, 0.2) is 48.9 Å². The van der Waals surface area contributed by atoms with Gasteiger partial charge in [-0.2, -0.15) is 10.1 Å². The molecule has 0 bridgehead atoms. The molecular weight excluding hydrogens is 314 g/mol. The molecule has 0 radical (unpaired) electrons. The van der Waals surface area contributed by atoms with Gasteiger partial charge in [0.15, 0.2) is 0 Å². The summed E-state index contributed by atoms with van der Waals surface area (Å²) in [6.07, 6.45) is 5.50. The van der Waals surface area contributed by atoms with Crippen LogP contribution in [0.3, 0.4) is 0 Å². The largest absolute Gasteiger partial charge is 0.340 e. The highest BCUT2D eigenvalue weighted by Crippen LogP contribution is 2.22. The van der Waals surface area contributed by atoms with Crippen molar-refractivity contribution in [3.05, 3.63) is 48.9 Å². The van der Waals surface area contributed by atoms with Gasteiger partial charge in [-0.3, -0.25) is 5.10 Å². The molecule has 3 heterocycles. The highest BCUT2D eigenvalue weighted by atomic mass is 15.3. The van der Waals surface area contributed by atoms with E-state index in [4.69, 9.17) is 0 Å². The van der Waals surface area contributed by atoms with Crippen LogP contribution in [0.4, 0.5) is 17.5 Å². The zero-order valence-electron chi connectivity index (χ0n) is 14.1. The molecule has 25 heavy (non-hydrogen) atoms. The van der Waals surface area contributed by atoms with E-state index in [1.807, 2.05) is 30.6 Å². The Morgan fingerprint density at radius 1 is 1.16 bits per heavy atom. The maximum absolute atomic E-state index is 4.66. The lowest BCUT2D eigenvalue weighted by Gasteiger charge is -2.31. The number of rotatable bonds is 4. The maximum atomic E-state index is 4.66. The Labute approximate surface area is 146 Å². The van der Waals surface area contributed by atoms with Crippen molar-refractivity contribution in [1.82, 2.24) is 25.5 Å². The fourth-order valence-corrected chi connectivity index (χ4v) is 2.99. The van der Waals surface area contributed by atoms with Gasteiger partial charge in [-0.25, -0.2) is 4.98 Å². The summed E-state index contributed by atoms with van der Waals surface area (Å²) < 4.78 is 0. The van der Waals surface area contributed by atoms with Crippen LogP contribution in [0.25, 0.3) is 11.1 Å². The second-order valence-corrected chi connectivity index (χ2v) is 6.23. The van der Waals surface area contributed by atoms with Crippen LogP contribution in [0.1, 0.15) is 6.92 Å².